The Labute approximate surface area is 60.5 Å². The first-order chi connectivity index (χ1) is 4.57. The molecule has 58 valence electrons. The third-order valence-electron chi connectivity index (χ3n) is 1.22. The smallest absolute Gasteiger partial charge is 0.188 e. The number of guanidine groups is 1. The van der Waals surface area contributed by atoms with Crippen molar-refractivity contribution in [1.82, 2.24) is 4.90 Å². The predicted molar refractivity (Wildman–Crippen MR) is 39.8 cm³/mol. The molecule has 0 bridgehead atoms. The Hall–Kier alpha value is -1.06. The molecule has 0 aromatic carbocycles. The van der Waals surface area contributed by atoms with Crippen molar-refractivity contribution in [2.45, 2.75) is 13.3 Å². The number of hydrogen-bond donors (Lipinski definition) is 2. The molecule has 0 spiro atoms. The van der Waals surface area contributed by atoms with E-state index in [-0.39, 0.29) is 18.3 Å². The lowest BCUT2D eigenvalue weighted by Crippen LogP contribution is -2.36. The van der Waals surface area contributed by atoms with E-state index in [1.54, 1.807) is 14.0 Å². The number of rotatable bonds is 3. The van der Waals surface area contributed by atoms with Gasteiger partial charge in [-0.25, -0.2) is 0 Å². The fourth-order valence-electron chi connectivity index (χ4n) is 0.462. The molecule has 3 N–H and O–H groups in total. The summed E-state index contributed by atoms with van der Waals surface area (Å²) in [6.45, 7) is 2.03. The van der Waals surface area contributed by atoms with Gasteiger partial charge in [-0.05, 0) is 0 Å². The average Bonchev–Trinajstić information content (AvgIpc) is 1.87. The number of carbonyl (C=O) groups excluding carboxylic acids is 1. The highest BCUT2D eigenvalue weighted by atomic mass is 16.1. The number of carbonyl (C=O) groups is 1. The lowest BCUT2D eigenvalue weighted by molar-refractivity contribution is -0.118. The Morgan fingerprint density at radius 1 is 1.70 bits per heavy atom. The molecule has 0 aliphatic heterocycles. The first-order valence-corrected chi connectivity index (χ1v) is 3.14. The van der Waals surface area contributed by atoms with Gasteiger partial charge in [0.2, 0.25) is 0 Å². The summed E-state index contributed by atoms with van der Waals surface area (Å²) in [6, 6.07) is 0. The second kappa shape index (κ2) is 3.87. The van der Waals surface area contributed by atoms with Gasteiger partial charge in [0.05, 0.1) is 6.54 Å². The number of nitrogens with two attached hydrogens (primary N) is 1. The molecule has 0 atom stereocenters. The summed E-state index contributed by atoms with van der Waals surface area (Å²) in [4.78, 5) is 12.1. The number of Topliss-reactive ketones (excluding diaryl/α,β-unsaturated/α-hetero) is 1. The van der Waals surface area contributed by atoms with E-state index >= 15 is 0 Å². The third-order valence-corrected chi connectivity index (χ3v) is 1.22. The standard InChI is InChI=1S/C6H13N3O/c1-3-5(10)4-9(2)6(7)8/h3-4H2,1-2H3,(H3,7,8). The molecule has 0 aliphatic rings. The lowest BCUT2D eigenvalue weighted by atomic mass is 10.3. The van der Waals surface area contributed by atoms with Crippen LogP contribution >= 0.6 is 0 Å². The van der Waals surface area contributed by atoms with Gasteiger partial charge in [0.15, 0.2) is 11.7 Å². The molecule has 0 saturated heterocycles. The Kier molecular flexibility index (Phi) is 3.46. The van der Waals surface area contributed by atoms with Gasteiger partial charge >= 0.3 is 0 Å². The minimum absolute atomic E-state index is 0.0678. The molecule has 0 aromatic heterocycles. The van der Waals surface area contributed by atoms with Gasteiger partial charge in [-0.2, -0.15) is 0 Å². The van der Waals surface area contributed by atoms with Crippen molar-refractivity contribution >= 4 is 11.7 Å². The number of nitrogens with one attached hydrogen (secondary N) is 1. The van der Waals surface area contributed by atoms with E-state index in [9.17, 15) is 4.79 Å². The minimum Gasteiger partial charge on any atom is -0.370 e. The molecule has 0 aromatic rings. The van der Waals surface area contributed by atoms with Gasteiger partial charge in [0, 0.05) is 13.5 Å². The Balaban J connectivity index is 3.68. The van der Waals surface area contributed by atoms with Crippen LogP contribution in [0.3, 0.4) is 0 Å². The molecular weight excluding hydrogens is 130 g/mol. The Morgan fingerprint density at radius 2 is 2.20 bits per heavy atom. The van der Waals surface area contributed by atoms with Crippen molar-refractivity contribution in [3.8, 4) is 0 Å². The topological polar surface area (TPSA) is 70.2 Å². The average molecular weight is 143 g/mol. The molecule has 0 fully saturated rings. The van der Waals surface area contributed by atoms with E-state index in [4.69, 9.17) is 11.1 Å². The SMILES string of the molecule is CCC(=O)CN(C)C(=N)N. The molecule has 10 heavy (non-hydrogen) atoms. The van der Waals surface area contributed by atoms with Gasteiger partial charge in [0.1, 0.15) is 0 Å². The first kappa shape index (κ1) is 8.94. The highest BCUT2D eigenvalue weighted by Crippen LogP contribution is 1.85. The third kappa shape index (κ3) is 3.06. The summed E-state index contributed by atoms with van der Waals surface area (Å²) >= 11 is 0. The predicted octanol–water partition coefficient (Wildman–Crippen LogP) is -0.209. The van der Waals surface area contributed by atoms with Crippen LogP contribution in [0.15, 0.2) is 0 Å². The van der Waals surface area contributed by atoms with E-state index in [2.05, 4.69) is 0 Å². The molecule has 0 aliphatic carbocycles. The van der Waals surface area contributed by atoms with Crippen LogP contribution in [0.4, 0.5) is 0 Å². The van der Waals surface area contributed by atoms with Gasteiger partial charge in [0.25, 0.3) is 0 Å². The minimum atomic E-state index is -0.0678. The van der Waals surface area contributed by atoms with Gasteiger partial charge < -0.3 is 10.6 Å². The molecule has 0 heterocycles. The van der Waals surface area contributed by atoms with Gasteiger partial charge in [-0.15, -0.1) is 0 Å². The van der Waals surface area contributed by atoms with Crippen LogP contribution in [0.1, 0.15) is 13.3 Å². The van der Waals surface area contributed by atoms with Gasteiger partial charge in [-0.3, -0.25) is 10.2 Å². The van der Waals surface area contributed by atoms with Crippen molar-refractivity contribution in [2.75, 3.05) is 13.6 Å². The fraction of sp³-hybridized carbons (Fsp3) is 0.667. The van der Waals surface area contributed by atoms with Crippen molar-refractivity contribution in [1.29, 1.82) is 5.41 Å². The van der Waals surface area contributed by atoms with Crippen LogP contribution in [0.2, 0.25) is 0 Å². The molecule has 4 nitrogen and oxygen atoms in total. The van der Waals surface area contributed by atoms with Crippen molar-refractivity contribution in [3.63, 3.8) is 0 Å². The zero-order valence-electron chi connectivity index (χ0n) is 6.35. The number of nitrogens with zero attached hydrogens (tertiary/aromatic N) is 1. The van der Waals surface area contributed by atoms with Crippen LogP contribution in [0.5, 0.6) is 0 Å². The van der Waals surface area contributed by atoms with E-state index < -0.39 is 0 Å². The molecule has 0 rings (SSSR count). The number of likely N-dealkylation sites (N-methyl/N-ethyl adjacent to an activating group) is 1. The molecular formula is C6H13N3O. The van der Waals surface area contributed by atoms with Crippen LogP contribution in [-0.4, -0.2) is 30.2 Å². The fourth-order valence-corrected chi connectivity index (χ4v) is 0.462. The molecule has 4 heteroatoms. The monoisotopic (exact) mass is 143 g/mol. The zero-order valence-corrected chi connectivity index (χ0v) is 6.35. The van der Waals surface area contributed by atoms with Crippen molar-refractivity contribution in [3.05, 3.63) is 0 Å². The zero-order chi connectivity index (χ0) is 8.15. The Morgan fingerprint density at radius 3 is 2.50 bits per heavy atom. The molecule has 0 amide bonds. The van der Waals surface area contributed by atoms with Crippen LogP contribution in [0, 0.1) is 5.41 Å². The van der Waals surface area contributed by atoms with Crippen molar-refractivity contribution < 1.29 is 4.79 Å². The van der Waals surface area contributed by atoms with Crippen LogP contribution < -0.4 is 5.73 Å². The maximum absolute atomic E-state index is 10.7. The highest BCUT2D eigenvalue weighted by Gasteiger charge is 2.03. The van der Waals surface area contributed by atoms with Crippen LogP contribution in [0.25, 0.3) is 0 Å². The van der Waals surface area contributed by atoms with E-state index in [1.165, 1.54) is 4.90 Å². The largest absolute Gasteiger partial charge is 0.370 e. The lowest BCUT2D eigenvalue weighted by Gasteiger charge is -2.14. The summed E-state index contributed by atoms with van der Waals surface area (Å²) in [5.41, 5.74) is 5.10. The number of ketones is 1. The molecule has 0 radical (unpaired) electrons. The summed E-state index contributed by atoms with van der Waals surface area (Å²) in [5.74, 6) is 0.0273. The summed E-state index contributed by atoms with van der Waals surface area (Å²) in [5, 5.41) is 6.92. The summed E-state index contributed by atoms with van der Waals surface area (Å²) < 4.78 is 0. The van der Waals surface area contributed by atoms with Crippen molar-refractivity contribution in [2.24, 2.45) is 5.73 Å². The second-order valence-corrected chi connectivity index (χ2v) is 2.13. The van der Waals surface area contributed by atoms with Crippen LogP contribution in [-0.2, 0) is 4.79 Å². The second-order valence-electron chi connectivity index (χ2n) is 2.13. The quantitative estimate of drug-likeness (QED) is 0.424. The summed E-state index contributed by atoms with van der Waals surface area (Å²) in [7, 11) is 1.62. The molecule has 0 saturated carbocycles. The van der Waals surface area contributed by atoms with E-state index in [0.29, 0.717) is 6.42 Å². The first-order valence-electron chi connectivity index (χ1n) is 3.14. The summed E-state index contributed by atoms with van der Waals surface area (Å²) in [6.07, 6.45) is 0.498. The maximum atomic E-state index is 10.7. The molecule has 0 unspecified atom stereocenters. The van der Waals surface area contributed by atoms with E-state index in [1.807, 2.05) is 0 Å². The Bertz CT molecular complexity index is 144. The normalized spacial score (nSPS) is 9.00. The number of hydrogen-bond acceptors (Lipinski definition) is 2. The van der Waals surface area contributed by atoms with E-state index in [0.717, 1.165) is 0 Å². The van der Waals surface area contributed by atoms with Gasteiger partial charge in [-0.1, -0.05) is 6.92 Å². The highest BCUT2D eigenvalue weighted by molar-refractivity contribution is 5.85. The maximum Gasteiger partial charge on any atom is 0.188 e.